The molecule has 0 aromatic heterocycles. The number of benzene rings is 1. The molecule has 0 radical (unpaired) electrons. The van der Waals surface area contributed by atoms with Crippen molar-refractivity contribution in [1.82, 2.24) is 5.43 Å². The van der Waals surface area contributed by atoms with Crippen molar-refractivity contribution in [2.75, 3.05) is 25.7 Å². The molecule has 0 aliphatic carbocycles. The van der Waals surface area contributed by atoms with E-state index in [1.165, 1.54) is 6.42 Å². The van der Waals surface area contributed by atoms with Crippen molar-refractivity contribution in [2.45, 2.75) is 19.4 Å². The first-order valence-electron chi connectivity index (χ1n) is 6.02. The summed E-state index contributed by atoms with van der Waals surface area (Å²) >= 11 is 1.88. The first-order valence-corrected chi connectivity index (χ1v) is 7.17. The molecule has 5 heteroatoms. The minimum Gasteiger partial charge on any atom is -0.497 e. The molecule has 4 nitrogen and oxygen atoms in total. The molecule has 0 fully saturated rings. The van der Waals surface area contributed by atoms with Crippen molar-refractivity contribution in [3.05, 3.63) is 23.8 Å². The van der Waals surface area contributed by atoms with E-state index < -0.39 is 0 Å². The highest BCUT2D eigenvalue weighted by Gasteiger charge is 2.12. The molecule has 0 aliphatic rings. The fourth-order valence-corrected chi connectivity index (χ4v) is 2.60. The smallest absolute Gasteiger partial charge is 0.122 e. The number of methoxy groups -OCH3 is 2. The molecule has 0 aliphatic heterocycles. The lowest BCUT2D eigenvalue weighted by Crippen LogP contribution is -2.29. The van der Waals surface area contributed by atoms with Crippen molar-refractivity contribution >= 4 is 11.8 Å². The van der Waals surface area contributed by atoms with Crippen LogP contribution in [-0.2, 0) is 0 Å². The van der Waals surface area contributed by atoms with E-state index in [2.05, 4.69) is 12.3 Å². The normalized spacial score (nSPS) is 12.2. The van der Waals surface area contributed by atoms with Gasteiger partial charge in [0.15, 0.2) is 0 Å². The predicted molar refractivity (Wildman–Crippen MR) is 77.2 cm³/mol. The molecule has 18 heavy (non-hydrogen) atoms. The quantitative estimate of drug-likeness (QED) is 0.431. The second kappa shape index (κ2) is 8.24. The Bertz CT molecular complexity index is 339. The van der Waals surface area contributed by atoms with Crippen LogP contribution in [0.3, 0.4) is 0 Å². The summed E-state index contributed by atoms with van der Waals surface area (Å²) in [5.74, 6) is 9.26. The van der Waals surface area contributed by atoms with E-state index in [-0.39, 0.29) is 6.04 Å². The highest BCUT2D eigenvalue weighted by Crippen LogP contribution is 2.27. The number of thioether (sulfide) groups is 1. The van der Waals surface area contributed by atoms with Crippen LogP contribution < -0.4 is 20.7 Å². The summed E-state index contributed by atoms with van der Waals surface area (Å²) in [5.41, 5.74) is 3.93. The molecule has 1 atom stereocenters. The summed E-state index contributed by atoms with van der Waals surface area (Å²) in [6, 6.07) is 5.93. The Labute approximate surface area is 113 Å². The van der Waals surface area contributed by atoms with Gasteiger partial charge in [-0.25, -0.2) is 0 Å². The van der Waals surface area contributed by atoms with E-state index in [1.54, 1.807) is 14.2 Å². The van der Waals surface area contributed by atoms with Crippen LogP contribution in [0, 0.1) is 0 Å². The Morgan fingerprint density at radius 1 is 1.22 bits per heavy atom. The van der Waals surface area contributed by atoms with Crippen molar-refractivity contribution < 1.29 is 9.47 Å². The lowest BCUT2D eigenvalue weighted by atomic mass is 10.1. The van der Waals surface area contributed by atoms with Gasteiger partial charge in [-0.05, 0) is 29.9 Å². The van der Waals surface area contributed by atoms with Gasteiger partial charge >= 0.3 is 0 Å². The van der Waals surface area contributed by atoms with Crippen LogP contribution in [0.4, 0.5) is 0 Å². The number of hydrogen-bond acceptors (Lipinski definition) is 5. The summed E-state index contributed by atoms with van der Waals surface area (Å²) in [6.45, 7) is 2.17. The average Bonchev–Trinajstić information content (AvgIpc) is 2.43. The minimum absolute atomic E-state index is 0.102. The third kappa shape index (κ3) is 4.40. The standard InChI is InChI=1S/C13H22N2O2S/c1-4-5-18-9-13(15-14)10-6-11(16-2)8-12(7-10)17-3/h6-8,13,15H,4-5,9,14H2,1-3H3. The minimum atomic E-state index is 0.102. The Morgan fingerprint density at radius 3 is 2.28 bits per heavy atom. The zero-order valence-electron chi connectivity index (χ0n) is 11.2. The maximum Gasteiger partial charge on any atom is 0.122 e. The number of nitrogens with one attached hydrogen (secondary N) is 1. The SMILES string of the molecule is CCCSCC(NN)c1cc(OC)cc(OC)c1. The third-order valence-corrected chi connectivity index (χ3v) is 3.88. The van der Waals surface area contributed by atoms with Gasteiger partial charge in [0.1, 0.15) is 11.5 Å². The summed E-state index contributed by atoms with van der Waals surface area (Å²) < 4.78 is 10.5. The summed E-state index contributed by atoms with van der Waals surface area (Å²) in [5, 5.41) is 0. The number of rotatable bonds is 8. The van der Waals surface area contributed by atoms with Gasteiger partial charge < -0.3 is 9.47 Å². The lowest BCUT2D eigenvalue weighted by molar-refractivity contribution is 0.392. The molecule has 0 spiro atoms. The number of hydrogen-bond donors (Lipinski definition) is 2. The van der Waals surface area contributed by atoms with E-state index in [0.717, 1.165) is 28.6 Å². The molecule has 3 N–H and O–H groups in total. The van der Waals surface area contributed by atoms with Crippen LogP contribution in [0.5, 0.6) is 11.5 Å². The third-order valence-electron chi connectivity index (χ3n) is 2.61. The number of ether oxygens (including phenoxy) is 2. The van der Waals surface area contributed by atoms with E-state index in [9.17, 15) is 0 Å². The Kier molecular flexibility index (Phi) is 6.93. The van der Waals surface area contributed by atoms with Crippen molar-refractivity contribution in [2.24, 2.45) is 5.84 Å². The molecule has 1 aromatic carbocycles. The van der Waals surface area contributed by atoms with Gasteiger partial charge in [0.2, 0.25) is 0 Å². The number of hydrazine groups is 1. The van der Waals surface area contributed by atoms with Gasteiger partial charge in [0.25, 0.3) is 0 Å². The Balaban J connectivity index is 2.83. The van der Waals surface area contributed by atoms with Gasteiger partial charge in [0.05, 0.1) is 20.3 Å². The zero-order valence-corrected chi connectivity index (χ0v) is 12.0. The summed E-state index contributed by atoms with van der Waals surface area (Å²) in [4.78, 5) is 0. The Hall–Kier alpha value is -0.910. The largest absolute Gasteiger partial charge is 0.497 e. The molecule has 1 aromatic rings. The molecule has 1 rings (SSSR count). The van der Waals surface area contributed by atoms with Crippen LogP contribution in [0.2, 0.25) is 0 Å². The van der Waals surface area contributed by atoms with Crippen LogP contribution in [0.1, 0.15) is 24.9 Å². The van der Waals surface area contributed by atoms with Crippen LogP contribution in [0.25, 0.3) is 0 Å². The van der Waals surface area contributed by atoms with Crippen molar-refractivity contribution in [3.63, 3.8) is 0 Å². The fourth-order valence-electron chi connectivity index (χ4n) is 1.62. The van der Waals surface area contributed by atoms with Crippen LogP contribution in [0.15, 0.2) is 18.2 Å². The zero-order chi connectivity index (χ0) is 13.4. The molecule has 1 unspecified atom stereocenters. The van der Waals surface area contributed by atoms with E-state index in [4.69, 9.17) is 15.3 Å². The molecule has 0 saturated heterocycles. The van der Waals surface area contributed by atoms with Gasteiger partial charge in [-0.1, -0.05) is 6.92 Å². The first-order chi connectivity index (χ1) is 8.74. The van der Waals surface area contributed by atoms with E-state index >= 15 is 0 Å². The molecule has 0 heterocycles. The second-order valence-corrected chi connectivity index (χ2v) is 5.09. The molecule has 0 bridgehead atoms. The van der Waals surface area contributed by atoms with Crippen molar-refractivity contribution in [3.8, 4) is 11.5 Å². The second-order valence-electron chi connectivity index (χ2n) is 3.94. The van der Waals surface area contributed by atoms with Gasteiger partial charge in [-0.2, -0.15) is 11.8 Å². The summed E-state index contributed by atoms with van der Waals surface area (Å²) in [6.07, 6.45) is 1.17. The predicted octanol–water partition coefficient (Wildman–Crippen LogP) is 2.35. The molecule has 0 saturated carbocycles. The van der Waals surface area contributed by atoms with Crippen LogP contribution >= 0.6 is 11.8 Å². The van der Waals surface area contributed by atoms with Gasteiger partial charge in [-0.15, -0.1) is 0 Å². The van der Waals surface area contributed by atoms with Gasteiger partial charge in [-0.3, -0.25) is 11.3 Å². The monoisotopic (exact) mass is 270 g/mol. The van der Waals surface area contributed by atoms with Crippen LogP contribution in [-0.4, -0.2) is 25.7 Å². The average molecular weight is 270 g/mol. The molecular weight excluding hydrogens is 248 g/mol. The topological polar surface area (TPSA) is 56.5 Å². The highest BCUT2D eigenvalue weighted by atomic mass is 32.2. The fraction of sp³-hybridized carbons (Fsp3) is 0.538. The van der Waals surface area contributed by atoms with Gasteiger partial charge in [0, 0.05) is 11.8 Å². The summed E-state index contributed by atoms with van der Waals surface area (Å²) in [7, 11) is 3.30. The maximum absolute atomic E-state index is 5.63. The van der Waals surface area contributed by atoms with E-state index in [1.807, 2.05) is 30.0 Å². The highest BCUT2D eigenvalue weighted by molar-refractivity contribution is 7.99. The molecule has 0 amide bonds. The lowest BCUT2D eigenvalue weighted by Gasteiger charge is -2.17. The van der Waals surface area contributed by atoms with E-state index in [0.29, 0.717) is 0 Å². The molecule has 102 valence electrons. The Morgan fingerprint density at radius 2 is 1.83 bits per heavy atom. The molecular formula is C13H22N2O2S. The maximum atomic E-state index is 5.63. The number of nitrogens with two attached hydrogens (primary N) is 1. The first kappa shape index (κ1) is 15.1. The van der Waals surface area contributed by atoms with Crippen molar-refractivity contribution in [1.29, 1.82) is 0 Å².